The van der Waals surface area contributed by atoms with E-state index in [1.807, 2.05) is 46.0 Å². The van der Waals surface area contributed by atoms with Gasteiger partial charge in [-0.2, -0.15) is 0 Å². The van der Waals surface area contributed by atoms with E-state index >= 15 is 0 Å². The number of carbonyl (C=O) groups excluding carboxylic acids is 1. The van der Waals surface area contributed by atoms with Gasteiger partial charge in [0.25, 0.3) is 5.91 Å². The molecule has 0 aliphatic carbocycles. The molecule has 1 fully saturated rings. The Labute approximate surface area is 229 Å². The third-order valence-corrected chi connectivity index (χ3v) is 7.69. The van der Waals surface area contributed by atoms with Gasteiger partial charge in [-0.05, 0) is 69.9 Å². The molecule has 0 bridgehead atoms. The first-order chi connectivity index (χ1) is 18.5. The van der Waals surface area contributed by atoms with Gasteiger partial charge >= 0.3 is 6.09 Å². The number of benzene rings is 2. The van der Waals surface area contributed by atoms with E-state index in [9.17, 15) is 14.7 Å². The first kappa shape index (κ1) is 26.8. The van der Waals surface area contributed by atoms with E-state index in [1.165, 1.54) is 15.8 Å². The quantitative estimate of drug-likeness (QED) is 0.332. The summed E-state index contributed by atoms with van der Waals surface area (Å²) in [5, 5.41) is 11.0. The molecular formula is C31H39N5O3. The average molecular weight is 530 g/mol. The number of aromatic nitrogens is 3. The Morgan fingerprint density at radius 3 is 2.54 bits per heavy atom. The highest BCUT2D eigenvalue weighted by molar-refractivity contribution is 5.98. The third-order valence-electron chi connectivity index (χ3n) is 7.69. The molecular weight excluding hydrogens is 490 g/mol. The molecule has 2 amide bonds. The van der Waals surface area contributed by atoms with Crippen LogP contribution in [0.4, 0.5) is 4.79 Å². The van der Waals surface area contributed by atoms with Gasteiger partial charge in [0.1, 0.15) is 0 Å². The van der Waals surface area contributed by atoms with Crippen LogP contribution >= 0.6 is 0 Å². The number of hydrogen-bond acceptors (Lipinski definition) is 3. The van der Waals surface area contributed by atoms with Crippen LogP contribution in [0.25, 0.3) is 33.5 Å². The van der Waals surface area contributed by atoms with Crippen molar-refractivity contribution in [1.82, 2.24) is 23.9 Å². The van der Waals surface area contributed by atoms with Crippen LogP contribution in [-0.4, -0.2) is 65.7 Å². The number of fused-ring (bicyclic) bond motifs is 2. The molecule has 1 saturated heterocycles. The van der Waals surface area contributed by atoms with Crippen LogP contribution in [0.1, 0.15) is 57.8 Å². The van der Waals surface area contributed by atoms with Crippen LogP contribution in [0.15, 0.2) is 48.5 Å². The highest BCUT2D eigenvalue weighted by Gasteiger charge is 2.37. The van der Waals surface area contributed by atoms with E-state index < -0.39 is 11.6 Å². The lowest BCUT2D eigenvalue weighted by atomic mass is 9.97. The summed E-state index contributed by atoms with van der Waals surface area (Å²) >= 11 is 0. The Balaban J connectivity index is 1.48. The average Bonchev–Trinajstić information content (AvgIpc) is 3.39. The van der Waals surface area contributed by atoms with Gasteiger partial charge in [0.05, 0.1) is 22.8 Å². The minimum Gasteiger partial charge on any atom is -0.465 e. The van der Waals surface area contributed by atoms with Gasteiger partial charge in [0.2, 0.25) is 0 Å². The number of likely N-dealkylation sites (tertiary alicyclic amines) is 1. The molecule has 0 saturated carbocycles. The maximum absolute atomic E-state index is 13.6. The van der Waals surface area contributed by atoms with E-state index in [2.05, 4.69) is 53.3 Å². The lowest BCUT2D eigenvalue weighted by Gasteiger charge is -2.44. The Kier molecular flexibility index (Phi) is 6.91. The summed E-state index contributed by atoms with van der Waals surface area (Å²) in [4.78, 5) is 34.0. The fraction of sp³-hybridized carbons (Fsp3) is 0.452. The molecule has 0 unspecified atom stereocenters. The Morgan fingerprint density at radius 1 is 1.10 bits per heavy atom. The molecule has 4 aromatic rings. The summed E-state index contributed by atoms with van der Waals surface area (Å²) in [6.07, 6.45) is 0.576. The second kappa shape index (κ2) is 10.1. The fourth-order valence-electron chi connectivity index (χ4n) is 6.04. The number of carboxylic acid groups (broad SMARTS) is 1. The number of piperidine rings is 1. The summed E-state index contributed by atoms with van der Waals surface area (Å²) in [6, 6.07) is 16.1. The van der Waals surface area contributed by atoms with E-state index in [0.717, 1.165) is 41.9 Å². The van der Waals surface area contributed by atoms with Crippen LogP contribution in [0.5, 0.6) is 0 Å². The third kappa shape index (κ3) is 5.00. The van der Waals surface area contributed by atoms with Crippen molar-refractivity contribution >= 4 is 33.9 Å². The summed E-state index contributed by atoms with van der Waals surface area (Å²) in [6.45, 7) is 12.0. The highest BCUT2D eigenvalue weighted by Crippen LogP contribution is 2.31. The highest BCUT2D eigenvalue weighted by atomic mass is 16.4. The number of imidazole rings is 1. The number of nitrogens with zero attached hydrogens (tertiary/aromatic N) is 5. The summed E-state index contributed by atoms with van der Waals surface area (Å²) in [5.74, 6) is 1.26. The molecule has 1 N–H and O–H groups in total. The number of hydrogen-bond donors (Lipinski definition) is 1. The molecule has 0 radical (unpaired) electrons. The normalized spacial score (nSPS) is 16.4. The SMILES string of the molecule is CC(C)Cn1c(-c2nc3cc(C(=O)N4CCC[C@@H](N(C(=O)O)C(C)(C)C)C4)ccc3n2C)cc2ccccc21. The molecule has 1 aliphatic heterocycles. The molecule has 1 aliphatic rings. The van der Waals surface area contributed by atoms with Crippen LogP contribution in [0.3, 0.4) is 0 Å². The summed E-state index contributed by atoms with van der Waals surface area (Å²) in [7, 11) is 2.02. The zero-order chi connectivity index (χ0) is 28.1. The van der Waals surface area contributed by atoms with E-state index in [1.54, 1.807) is 4.90 Å². The molecule has 1 atom stereocenters. The van der Waals surface area contributed by atoms with Crippen molar-refractivity contribution in [3.8, 4) is 11.5 Å². The lowest BCUT2D eigenvalue weighted by Crippen LogP contribution is -2.57. The predicted octanol–water partition coefficient (Wildman–Crippen LogP) is 6.23. The standard InChI is InChI=1S/C31H39N5O3/c1-20(2)18-35-25-12-8-7-10-21(25)17-27(35)28-32-24-16-22(13-14-26(24)33(28)6)29(37)34-15-9-11-23(19-34)36(30(38)39)31(3,4)5/h7-8,10,12-14,16-17,20,23H,9,11,15,18-19H2,1-6H3,(H,38,39)/t23-/m1/s1. The molecule has 0 spiro atoms. The first-order valence-electron chi connectivity index (χ1n) is 13.8. The number of amides is 2. The number of rotatable bonds is 5. The molecule has 8 heteroatoms. The van der Waals surface area contributed by atoms with Crippen LogP contribution in [-0.2, 0) is 13.6 Å². The topological polar surface area (TPSA) is 83.6 Å². The largest absolute Gasteiger partial charge is 0.465 e. The van der Waals surface area contributed by atoms with E-state index in [-0.39, 0.29) is 11.9 Å². The smallest absolute Gasteiger partial charge is 0.408 e. The van der Waals surface area contributed by atoms with Crippen LogP contribution in [0.2, 0.25) is 0 Å². The fourth-order valence-corrected chi connectivity index (χ4v) is 6.04. The maximum Gasteiger partial charge on any atom is 0.408 e. The molecule has 3 heterocycles. The second-order valence-electron chi connectivity index (χ2n) is 12.2. The molecule has 39 heavy (non-hydrogen) atoms. The van der Waals surface area contributed by atoms with Crippen molar-refractivity contribution in [2.75, 3.05) is 13.1 Å². The molecule has 2 aromatic carbocycles. The molecule has 5 rings (SSSR count). The van der Waals surface area contributed by atoms with Gasteiger partial charge < -0.3 is 19.1 Å². The van der Waals surface area contributed by atoms with Gasteiger partial charge in [-0.3, -0.25) is 9.69 Å². The van der Waals surface area contributed by atoms with E-state index in [4.69, 9.17) is 4.98 Å². The lowest BCUT2D eigenvalue weighted by molar-refractivity contribution is 0.0315. The van der Waals surface area contributed by atoms with E-state index in [0.29, 0.717) is 24.6 Å². The molecule has 206 valence electrons. The van der Waals surface area contributed by atoms with Gasteiger partial charge in [-0.1, -0.05) is 32.0 Å². The van der Waals surface area contributed by atoms with Crippen molar-refractivity contribution in [2.24, 2.45) is 13.0 Å². The Morgan fingerprint density at radius 2 is 1.85 bits per heavy atom. The maximum atomic E-state index is 13.6. The Bertz CT molecular complexity index is 1540. The van der Waals surface area contributed by atoms with Gasteiger partial charge in [0, 0.05) is 48.7 Å². The minimum atomic E-state index is -0.945. The Hall–Kier alpha value is -3.81. The van der Waals surface area contributed by atoms with Crippen molar-refractivity contribution in [3.63, 3.8) is 0 Å². The number of para-hydroxylation sites is 1. The first-order valence-corrected chi connectivity index (χ1v) is 13.8. The zero-order valence-corrected chi connectivity index (χ0v) is 23.8. The van der Waals surface area contributed by atoms with Crippen molar-refractivity contribution in [3.05, 3.63) is 54.1 Å². The number of aryl methyl sites for hydroxylation is 1. The number of carbonyl (C=O) groups is 2. The summed E-state index contributed by atoms with van der Waals surface area (Å²) in [5.41, 5.74) is 4.03. The molecule has 8 nitrogen and oxygen atoms in total. The van der Waals surface area contributed by atoms with Crippen LogP contribution < -0.4 is 0 Å². The van der Waals surface area contributed by atoms with Crippen LogP contribution in [0, 0.1) is 5.92 Å². The van der Waals surface area contributed by atoms with Crippen molar-refractivity contribution in [1.29, 1.82) is 0 Å². The minimum absolute atomic E-state index is 0.0815. The zero-order valence-electron chi connectivity index (χ0n) is 23.8. The van der Waals surface area contributed by atoms with Gasteiger partial charge in [-0.25, -0.2) is 9.78 Å². The predicted molar refractivity (Wildman–Crippen MR) is 155 cm³/mol. The van der Waals surface area contributed by atoms with Gasteiger partial charge in [0.15, 0.2) is 5.82 Å². The monoisotopic (exact) mass is 529 g/mol. The summed E-state index contributed by atoms with van der Waals surface area (Å²) < 4.78 is 4.43. The second-order valence-corrected chi connectivity index (χ2v) is 12.2. The van der Waals surface area contributed by atoms with Crippen molar-refractivity contribution in [2.45, 2.75) is 65.6 Å². The van der Waals surface area contributed by atoms with Gasteiger partial charge in [-0.15, -0.1) is 0 Å². The molecule has 2 aromatic heterocycles. The van der Waals surface area contributed by atoms with Crippen molar-refractivity contribution < 1.29 is 14.7 Å².